The molecule has 0 N–H and O–H groups in total. The maximum Gasteiger partial charge on any atom is 0.317 e. The number of piperidine rings is 1. The van der Waals surface area contributed by atoms with Crippen molar-refractivity contribution in [2.75, 3.05) is 13.1 Å². The number of hydrogen-bond donors (Lipinski definition) is 0. The molecule has 1 atom stereocenters. The van der Waals surface area contributed by atoms with Gasteiger partial charge in [0.1, 0.15) is 11.9 Å². The average Bonchev–Trinajstić information content (AvgIpc) is 2.54. The highest BCUT2D eigenvalue weighted by molar-refractivity contribution is 6.33. The molecule has 1 fully saturated rings. The Morgan fingerprint density at radius 2 is 2.04 bits per heavy atom. The van der Waals surface area contributed by atoms with Crippen LogP contribution >= 0.6 is 11.6 Å². The van der Waals surface area contributed by atoms with E-state index in [0.717, 1.165) is 24.2 Å². The SMILES string of the molecule is Cc1cc(C)nc(OC2CCCN(C(=O)c3c(F)cccc3Cl)C2)n1. The van der Waals surface area contributed by atoms with E-state index in [4.69, 9.17) is 16.3 Å². The largest absolute Gasteiger partial charge is 0.458 e. The van der Waals surface area contributed by atoms with Gasteiger partial charge in [-0.05, 0) is 44.9 Å². The van der Waals surface area contributed by atoms with Crippen LogP contribution in [0.25, 0.3) is 0 Å². The number of ether oxygens (including phenoxy) is 1. The zero-order chi connectivity index (χ0) is 18.0. The summed E-state index contributed by atoms with van der Waals surface area (Å²) in [7, 11) is 0. The van der Waals surface area contributed by atoms with Crippen molar-refractivity contribution in [2.24, 2.45) is 0 Å². The number of rotatable bonds is 3. The Labute approximate surface area is 150 Å². The molecule has 1 aliphatic rings. The first kappa shape index (κ1) is 17.6. The lowest BCUT2D eigenvalue weighted by molar-refractivity contribution is 0.0511. The van der Waals surface area contributed by atoms with Gasteiger partial charge >= 0.3 is 6.01 Å². The van der Waals surface area contributed by atoms with Gasteiger partial charge in [-0.15, -0.1) is 0 Å². The molecule has 1 aliphatic heterocycles. The van der Waals surface area contributed by atoms with Crippen molar-refractivity contribution >= 4 is 17.5 Å². The van der Waals surface area contributed by atoms with Gasteiger partial charge in [0.2, 0.25) is 0 Å². The maximum atomic E-state index is 14.0. The van der Waals surface area contributed by atoms with E-state index in [-0.39, 0.29) is 16.7 Å². The van der Waals surface area contributed by atoms with Crippen LogP contribution in [0.2, 0.25) is 5.02 Å². The third-order valence-corrected chi connectivity index (χ3v) is 4.39. The lowest BCUT2D eigenvalue weighted by atomic mass is 10.1. The number of halogens is 2. The molecule has 25 heavy (non-hydrogen) atoms. The summed E-state index contributed by atoms with van der Waals surface area (Å²) in [4.78, 5) is 22.8. The molecule has 0 saturated carbocycles. The second kappa shape index (κ2) is 7.35. The van der Waals surface area contributed by atoms with Gasteiger partial charge in [0.05, 0.1) is 17.1 Å². The molecule has 2 aromatic rings. The molecule has 2 heterocycles. The molecular formula is C18H19ClFN3O2. The third-order valence-electron chi connectivity index (χ3n) is 4.08. The topological polar surface area (TPSA) is 55.3 Å². The highest BCUT2D eigenvalue weighted by Crippen LogP contribution is 2.24. The smallest absolute Gasteiger partial charge is 0.317 e. The number of nitrogens with zero attached hydrogens (tertiary/aromatic N) is 3. The Morgan fingerprint density at radius 1 is 1.32 bits per heavy atom. The average molecular weight is 364 g/mol. The van der Waals surface area contributed by atoms with Crippen molar-refractivity contribution in [1.82, 2.24) is 14.9 Å². The molecule has 0 aliphatic carbocycles. The molecule has 0 bridgehead atoms. The van der Waals surface area contributed by atoms with Crippen LogP contribution in [0.4, 0.5) is 4.39 Å². The van der Waals surface area contributed by atoms with Crippen LogP contribution in [-0.2, 0) is 0 Å². The minimum Gasteiger partial charge on any atom is -0.458 e. The Bertz CT molecular complexity index is 759. The van der Waals surface area contributed by atoms with Gasteiger partial charge in [-0.25, -0.2) is 14.4 Å². The summed E-state index contributed by atoms with van der Waals surface area (Å²) in [6, 6.07) is 6.40. The van der Waals surface area contributed by atoms with Crippen molar-refractivity contribution in [1.29, 1.82) is 0 Å². The minimum absolute atomic E-state index is 0.0903. The molecule has 1 aromatic carbocycles. The molecule has 132 valence electrons. The maximum absolute atomic E-state index is 14.0. The first-order valence-electron chi connectivity index (χ1n) is 8.16. The molecule has 7 heteroatoms. The van der Waals surface area contributed by atoms with Crippen LogP contribution in [-0.4, -0.2) is 40.0 Å². The predicted molar refractivity (Wildman–Crippen MR) is 92.5 cm³/mol. The Hall–Kier alpha value is -2.21. The lowest BCUT2D eigenvalue weighted by Crippen LogP contribution is -2.44. The van der Waals surface area contributed by atoms with Crippen molar-refractivity contribution in [2.45, 2.75) is 32.8 Å². The van der Waals surface area contributed by atoms with E-state index in [9.17, 15) is 9.18 Å². The van der Waals surface area contributed by atoms with Gasteiger partial charge in [0.25, 0.3) is 5.91 Å². The van der Waals surface area contributed by atoms with E-state index >= 15 is 0 Å². The summed E-state index contributed by atoms with van der Waals surface area (Å²) in [5.74, 6) is -1.03. The van der Waals surface area contributed by atoms with Crippen LogP contribution in [0.15, 0.2) is 24.3 Å². The fourth-order valence-electron chi connectivity index (χ4n) is 2.97. The van der Waals surface area contributed by atoms with E-state index in [0.29, 0.717) is 19.1 Å². The summed E-state index contributed by atoms with van der Waals surface area (Å²) in [5, 5.41) is 0.116. The van der Waals surface area contributed by atoms with Gasteiger partial charge in [-0.1, -0.05) is 17.7 Å². The molecule has 0 radical (unpaired) electrons. The number of amides is 1. The van der Waals surface area contributed by atoms with Gasteiger partial charge in [0.15, 0.2) is 0 Å². The number of benzene rings is 1. The first-order chi connectivity index (χ1) is 11.9. The summed E-state index contributed by atoms with van der Waals surface area (Å²) < 4.78 is 19.9. The highest BCUT2D eigenvalue weighted by Gasteiger charge is 2.29. The summed E-state index contributed by atoms with van der Waals surface area (Å²) in [5.41, 5.74) is 1.56. The Balaban J connectivity index is 1.73. The molecule has 1 saturated heterocycles. The molecule has 1 unspecified atom stereocenters. The summed E-state index contributed by atoms with van der Waals surface area (Å²) in [6.45, 7) is 4.63. The zero-order valence-electron chi connectivity index (χ0n) is 14.1. The standard InChI is InChI=1S/C18H19ClFN3O2/c1-11-9-12(2)22-18(21-11)25-13-5-4-8-23(10-13)17(24)16-14(19)6-3-7-15(16)20/h3,6-7,9,13H,4-5,8,10H2,1-2H3. The normalized spacial score (nSPS) is 17.4. The number of carbonyl (C=O) groups excluding carboxylic acids is 1. The van der Waals surface area contributed by atoms with Crippen LogP contribution < -0.4 is 4.74 Å². The summed E-state index contributed by atoms with van der Waals surface area (Å²) in [6.07, 6.45) is 1.31. The second-order valence-corrected chi connectivity index (χ2v) is 6.57. The van der Waals surface area contributed by atoms with E-state index in [1.165, 1.54) is 18.2 Å². The van der Waals surface area contributed by atoms with Crippen LogP contribution in [0.3, 0.4) is 0 Å². The van der Waals surface area contributed by atoms with Gasteiger partial charge in [-0.3, -0.25) is 4.79 Å². The van der Waals surface area contributed by atoms with Crippen molar-refractivity contribution in [3.8, 4) is 6.01 Å². The molecule has 1 amide bonds. The van der Waals surface area contributed by atoms with Gasteiger partial charge in [0, 0.05) is 17.9 Å². The highest BCUT2D eigenvalue weighted by atomic mass is 35.5. The Morgan fingerprint density at radius 3 is 2.72 bits per heavy atom. The molecular weight excluding hydrogens is 345 g/mol. The van der Waals surface area contributed by atoms with Crippen molar-refractivity contribution in [3.63, 3.8) is 0 Å². The molecule has 1 aromatic heterocycles. The number of hydrogen-bond acceptors (Lipinski definition) is 4. The van der Waals surface area contributed by atoms with E-state index in [1.54, 1.807) is 4.90 Å². The predicted octanol–water partition coefficient (Wildman–Crippen LogP) is 3.57. The third kappa shape index (κ3) is 4.07. The van der Waals surface area contributed by atoms with Gasteiger partial charge in [-0.2, -0.15) is 0 Å². The quantitative estimate of drug-likeness (QED) is 0.836. The first-order valence-corrected chi connectivity index (χ1v) is 8.54. The van der Waals surface area contributed by atoms with Gasteiger partial charge < -0.3 is 9.64 Å². The van der Waals surface area contributed by atoms with E-state index < -0.39 is 11.7 Å². The van der Waals surface area contributed by atoms with Crippen LogP contribution in [0.1, 0.15) is 34.6 Å². The Kier molecular flexibility index (Phi) is 5.18. The lowest BCUT2D eigenvalue weighted by Gasteiger charge is -2.32. The van der Waals surface area contributed by atoms with Crippen LogP contribution in [0, 0.1) is 19.7 Å². The monoisotopic (exact) mass is 363 g/mol. The van der Waals surface area contributed by atoms with Crippen LogP contribution in [0.5, 0.6) is 6.01 Å². The summed E-state index contributed by atoms with van der Waals surface area (Å²) >= 11 is 6.01. The fraction of sp³-hybridized carbons (Fsp3) is 0.389. The number of aromatic nitrogens is 2. The zero-order valence-corrected chi connectivity index (χ0v) is 14.9. The van der Waals surface area contributed by atoms with Crippen molar-refractivity contribution < 1.29 is 13.9 Å². The second-order valence-electron chi connectivity index (χ2n) is 6.16. The number of aryl methyl sites for hydroxylation is 2. The molecule has 0 spiro atoms. The number of carbonyl (C=O) groups is 1. The number of likely N-dealkylation sites (tertiary alicyclic amines) is 1. The minimum atomic E-state index is -0.613. The fourth-order valence-corrected chi connectivity index (χ4v) is 3.22. The van der Waals surface area contributed by atoms with Crippen molar-refractivity contribution in [3.05, 3.63) is 52.1 Å². The molecule has 3 rings (SSSR count). The van der Waals surface area contributed by atoms with E-state index in [2.05, 4.69) is 9.97 Å². The molecule has 5 nitrogen and oxygen atoms in total. The van der Waals surface area contributed by atoms with E-state index in [1.807, 2.05) is 19.9 Å².